The Morgan fingerprint density at radius 3 is 3.00 bits per heavy atom. The molecule has 2 unspecified atom stereocenters. The lowest BCUT2D eigenvalue weighted by Crippen LogP contribution is -2.47. The number of nitrogens with zero attached hydrogens (tertiary/aromatic N) is 1. The third-order valence-corrected chi connectivity index (χ3v) is 2.80. The van der Waals surface area contributed by atoms with Crippen LogP contribution >= 0.6 is 0 Å². The van der Waals surface area contributed by atoms with Gasteiger partial charge < -0.3 is 5.32 Å². The number of nitrogens with one attached hydrogen (secondary N) is 1. The molecule has 0 spiro atoms. The van der Waals surface area contributed by atoms with Crippen LogP contribution in [-0.4, -0.2) is 37.6 Å². The third kappa shape index (κ3) is 3.38. The minimum Gasteiger partial charge on any atom is -0.312 e. The quantitative estimate of drug-likeness (QED) is 0.650. The lowest BCUT2D eigenvalue weighted by atomic mass is 9.92. The summed E-state index contributed by atoms with van der Waals surface area (Å²) in [5, 5.41) is 3.55. The topological polar surface area (TPSA) is 15.3 Å². The van der Waals surface area contributed by atoms with Crippen LogP contribution in [0.4, 0.5) is 0 Å². The Morgan fingerprint density at radius 1 is 1.62 bits per heavy atom. The number of hydrogen-bond donors (Lipinski definition) is 1. The van der Waals surface area contributed by atoms with Gasteiger partial charge in [0.15, 0.2) is 0 Å². The largest absolute Gasteiger partial charge is 0.312 e. The fraction of sp³-hybridized carbons (Fsp3) is 0.818. The number of piperidine rings is 1. The van der Waals surface area contributed by atoms with Gasteiger partial charge in [0.05, 0.1) is 6.54 Å². The Bertz CT molecular complexity index is 183. The van der Waals surface area contributed by atoms with Crippen molar-refractivity contribution in [3.05, 3.63) is 0 Å². The average Bonchev–Trinajstić information content (AvgIpc) is 2.09. The van der Waals surface area contributed by atoms with Crippen molar-refractivity contribution in [1.82, 2.24) is 10.2 Å². The van der Waals surface area contributed by atoms with Crippen molar-refractivity contribution >= 4 is 0 Å². The monoisotopic (exact) mass is 180 g/mol. The molecule has 1 heterocycles. The number of terminal acetylenes is 1. The Hall–Kier alpha value is -0.520. The first-order chi connectivity index (χ1) is 6.24. The van der Waals surface area contributed by atoms with Gasteiger partial charge in [0.25, 0.3) is 0 Å². The zero-order valence-corrected chi connectivity index (χ0v) is 8.71. The van der Waals surface area contributed by atoms with E-state index in [4.69, 9.17) is 6.42 Å². The van der Waals surface area contributed by atoms with E-state index in [1.165, 1.54) is 19.4 Å². The lowest BCUT2D eigenvalue weighted by Gasteiger charge is -2.32. The molecule has 0 saturated carbocycles. The Labute approximate surface area is 81.7 Å². The molecule has 0 aromatic rings. The van der Waals surface area contributed by atoms with E-state index in [9.17, 15) is 0 Å². The van der Waals surface area contributed by atoms with Crippen LogP contribution in [-0.2, 0) is 0 Å². The summed E-state index contributed by atoms with van der Waals surface area (Å²) in [5.41, 5.74) is 0. The number of rotatable bonds is 3. The van der Waals surface area contributed by atoms with Gasteiger partial charge >= 0.3 is 0 Å². The maximum absolute atomic E-state index is 5.26. The highest BCUT2D eigenvalue weighted by Gasteiger charge is 2.21. The molecule has 1 rings (SSSR count). The van der Waals surface area contributed by atoms with Crippen LogP contribution in [0, 0.1) is 18.3 Å². The summed E-state index contributed by atoms with van der Waals surface area (Å²) < 4.78 is 0. The van der Waals surface area contributed by atoms with Gasteiger partial charge in [0.1, 0.15) is 0 Å². The standard InChI is InChI=1S/C11H20N2/c1-4-8-13(3)9-11-10(2)6-5-7-12-11/h1,10-12H,5-9H2,2-3H3. The highest BCUT2D eigenvalue weighted by molar-refractivity contribution is 4.89. The van der Waals surface area contributed by atoms with E-state index >= 15 is 0 Å². The first-order valence-electron chi connectivity index (χ1n) is 5.09. The molecule has 1 aliphatic heterocycles. The van der Waals surface area contributed by atoms with Gasteiger partial charge in [-0.05, 0) is 32.4 Å². The molecule has 2 nitrogen and oxygen atoms in total. The van der Waals surface area contributed by atoms with Crippen LogP contribution in [0.1, 0.15) is 19.8 Å². The van der Waals surface area contributed by atoms with Gasteiger partial charge in [-0.1, -0.05) is 12.8 Å². The van der Waals surface area contributed by atoms with Crippen molar-refractivity contribution in [1.29, 1.82) is 0 Å². The molecule has 0 aromatic carbocycles. The second kappa shape index (κ2) is 5.26. The summed E-state index contributed by atoms with van der Waals surface area (Å²) in [6, 6.07) is 0.632. The summed E-state index contributed by atoms with van der Waals surface area (Å²) in [5.74, 6) is 3.46. The van der Waals surface area contributed by atoms with Crippen molar-refractivity contribution in [3.8, 4) is 12.3 Å². The summed E-state index contributed by atoms with van der Waals surface area (Å²) in [6.45, 7) is 5.32. The van der Waals surface area contributed by atoms with Crippen molar-refractivity contribution in [3.63, 3.8) is 0 Å². The summed E-state index contributed by atoms with van der Waals surface area (Å²) in [4.78, 5) is 2.21. The van der Waals surface area contributed by atoms with Gasteiger partial charge in [0, 0.05) is 12.6 Å². The third-order valence-electron chi connectivity index (χ3n) is 2.80. The first-order valence-corrected chi connectivity index (χ1v) is 5.09. The van der Waals surface area contributed by atoms with Gasteiger partial charge in [-0.25, -0.2) is 0 Å². The second-order valence-corrected chi connectivity index (χ2v) is 4.08. The average molecular weight is 180 g/mol. The first kappa shape index (κ1) is 10.6. The van der Waals surface area contributed by atoms with Gasteiger partial charge in [0.2, 0.25) is 0 Å². The molecular formula is C11H20N2. The Balaban J connectivity index is 2.30. The molecule has 74 valence electrons. The lowest BCUT2D eigenvalue weighted by molar-refractivity contribution is 0.229. The molecule has 0 radical (unpaired) electrons. The molecule has 0 aromatic heterocycles. The number of likely N-dealkylation sites (N-methyl/N-ethyl adjacent to an activating group) is 1. The van der Waals surface area contributed by atoms with E-state index in [0.717, 1.165) is 19.0 Å². The fourth-order valence-electron chi connectivity index (χ4n) is 1.91. The van der Waals surface area contributed by atoms with Crippen LogP contribution < -0.4 is 5.32 Å². The van der Waals surface area contributed by atoms with E-state index in [1.807, 2.05) is 0 Å². The number of hydrogen-bond acceptors (Lipinski definition) is 2. The molecule has 0 aliphatic carbocycles. The molecule has 1 fully saturated rings. The van der Waals surface area contributed by atoms with Crippen LogP contribution in [0.5, 0.6) is 0 Å². The summed E-state index contributed by atoms with van der Waals surface area (Å²) in [6.07, 6.45) is 7.92. The summed E-state index contributed by atoms with van der Waals surface area (Å²) in [7, 11) is 2.09. The Morgan fingerprint density at radius 2 is 2.38 bits per heavy atom. The molecule has 13 heavy (non-hydrogen) atoms. The molecule has 1 N–H and O–H groups in total. The van der Waals surface area contributed by atoms with Crippen LogP contribution in [0.3, 0.4) is 0 Å². The highest BCUT2D eigenvalue weighted by atomic mass is 15.1. The second-order valence-electron chi connectivity index (χ2n) is 4.08. The van der Waals surface area contributed by atoms with Crippen molar-refractivity contribution in [2.24, 2.45) is 5.92 Å². The normalized spacial score (nSPS) is 28.8. The molecule has 2 heteroatoms. The van der Waals surface area contributed by atoms with Crippen LogP contribution in [0.2, 0.25) is 0 Å². The van der Waals surface area contributed by atoms with Crippen molar-refractivity contribution < 1.29 is 0 Å². The van der Waals surface area contributed by atoms with Crippen molar-refractivity contribution in [2.75, 3.05) is 26.7 Å². The van der Waals surface area contributed by atoms with E-state index in [0.29, 0.717) is 6.04 Å². The maximum Gasteiger partial charge on any atom is 0.0596 e. The fourth-order valence-corrected chi connectivity index (χ4v) is 1.91. The summed E-state index contributed by atoms with van der Waals surface area (Å²) >= 11 is 0. The van der Waals surface area contributed by atoms with E-state index in [-0.39, 0.29) is 0 Å². The molecule has 1 saturated heterocycles. The van der Waals surface area contributed by atoms with Crippen LogP contribution in [0.15, 0.2) is 0 Å². The van der Waals surface area contributed by atoms with Crippen LogP contribution in [0.25, 0.3) is 0 Å². The zero-order valence-electron chi connectivity index (χ0n) is 8.71. The minimum absolute atomic E-state index is 0.632. The molecule has 1 aliphatic rings. The highest BCUT2D eigenvalue weighted by Crippen LogP contribution is 2.15. The predicted octanol–water partition coefficient (Wildman–Crippen LogP) is 0.939. The van der Waals surface area contributed by atoms with E-state index in [2.05, 4.69) is 30.1 Å². The van der Waals surface area contributed by atoms with E-state index < -0.39 is 0 Å². The predicted molar refractivity (Wildman–Crippen MR) is 56.5 cm³/mol. The van der Waals surface area contributed by atoms with Gasteiger partial charge in [-0.15, -0.1) is 6.42 Å². The molecule has 0 bridgehead atoms. The van der Waals surface area contributed by atoms with Crippen molar-refractivity contribution in [2.45, 2.75) is 25.8 Å². The molecule has 2 atom stereocenters. The smallest absolute Gasteiger partial charge is 0.0596 e. The van der Waals surface area contributed by atoms with E-state index in [1.54, 1.807) is 0 Å². The molecule has 0 amide bonds. The minimum atomic E-state index is 0.632. The zero-order chi connectivity index (χ0) is 9.68. The van der Waals surface area contributed by atoms with Gasteiger partial charge in [-0.3, -0.25) is 4.90 Å². The van der Waals surface area contributed by atoms with Gasteiger partial charge in [-0.2, -0.15) is 0 Å². The molecular weight excluding hydrogens is 160 g/mol. The maximum atomic E-state index is 5.26. The Kier molecular flexibility index (Phi) is 4.27. The SMILES string of the molecule is C#CCN(C)CC1NCCCC1C.